The number of benzene rings is 2. The fourth-order valence-corrected chi connectivity index (χ4v) is 5.26. The van der Waals surface area contributed by atoms with Crippen LogP contribution < -0.4 is 10.2 Å². The predicted molar refractivity (Wildman–Crippen MR) is 121 cm³/mol. The SMILES string of the molecule is CCCN1C(c2cccc(C)c2)=NS(=O)(=O)c2cc(NC(=O)c3cccs3)ccc21. The Hall–Kier alpha value is -2.97. The maximum Gasteiger partial charge on any atom is 0.286 e. The minimum Gasteiger partial charge on any atom is -0.324 e. The van der Waals surface area contributed by atoms with Crippen molar-refractivity contribution in [2.45, 2.75) is 25.2 Å². The van der Waals surface area contributed by atoms with Crippen LogP contribution in [0.25, 0.3) is 0 Å². The number of nitrogens with one attached hydrogen (secondary N) is 1. The summed E-state index contributed by atoms with van der Waals surface area (Å²) in [5.74, 6) is 0.149. The number of hydrogen-bond donors (Lipinski definition) is 1. The highest BCUT2D eigenvalue weighted by atomic mass is 32.2. The average Bonchev–Trinajstić information content (AvgIpc) is 3.25. The number of nitrogens with zero attached hydrogens (tertiary/aromatic N) is 2. The van der Waals surface area contributed by atoms with Crippen LogP contribution in [0.3, 0.4) is 0 Å². The second-order valence-corrected chi connectivity index (χ2v) is 9.55. The lowest BCUT2D eigenvalue weighted by atomic mass is 10.1. The number of hydrogen-bond acceptors (Lipinski definition) is 5. The summed E-state index contributed by atoms with van der Waals surface area (Å²) in [5.41, 5.74) is 2.77. The van der Waals surface area contributed by atoms with E-state index in [1.54, 1.807) is 24.3 Å². The molecule has 0 bridgehead atoms. The van der Waals surface area contributed by atoms with E-state index in [1.807, 2.05) is 48.4 Å². The molecule has 0 saturated carbocycles. The minimum atomic E-state index is -3.92. The molecule has 0 atom stereocenters. The zero-order valence-corrected chi connectivity index (χ0v) is 18.3. The fourth-order valence-electron chi connectivity index (χ4n) is 3.39. The molecule has 3 aromatic rings. The molecule has 8 heteroatoms. The first-order valence-corrected chi connectivity index (χ1v) is 11.9. The second-order valence-electron chi connectivity index (χ2n) is 7.03. The maximum atomic E-state index is 13.0. The van der Waals surface area contributed by atoms with Crippen molar-refractivity contribution < 1.29 is 13.2 Å². The van der Waals surface area contributed by atoms with Crippen LogP contribution >= 0.6 is 11.3 Å². The van der Waals surface area contributed by atoms with Crippen LogP contribution in [0.15, 0.2) is 69.3 Å². The number of carbonyl (C=O) groups is 1. The fraction of sp³-hybridized carbons (Fsp3) is 0.182. The van der Waals surface area contributed by atoms with Crippen molar-refractivity contribution in [3.05, 3.63) is 76.0 Å². The van der Waals surface area contributed by atoms with Gasteiger partial charge in [0.2, 0.25) is 0 Å². The van der Waals surface area contributed by atoms with Crippen molar-refractivity contribution >= 4 is 44.5 Å². The summed E-state index contributed by atoms with van der Waals surface area (Å²) in [4.78, 5) is 14.9. The highest BCUT2D eigenvalue weighted by Crippen LogP contribution is 2.35. The van der Waals surface area contributed by atoms with Gasteiger partial charge in [0.05, 0.1) is 10.6 Å². The third-order valence-corrected chi connectivity index (χ3v) is 6.88. The molecule has 30 heavy (non-hydrogen) atoms. The molecule has 1 amide bonds. The van der Waals surface area contributed by atoms with Gasteiger partial charge in [0.25, 0.3) is 15.9 Å². The number of aryl methyl sites for hydroxylation is 1. The number of anilines is 2. The Morgan fingerprint density at radius 2 is 1.97 bits per heavy atom. The predicted octanol–water partition coefficient (Wildman–Crippen LogP) is 4.67. The lowest BCUT2D eigenvalue weighted by molar-refractivity contribution is 0.103. The summed E-state index contributed by atoms with van der Waals surface area (Å²) in [5, 5.41) is 4.59. The molecule has 2 aromatic carbocycles. The third kappa shape index (κ3) is 3.88. The van der Waals surface area contributed by atoms with E-state index in [9.17, 15) is 13.2 Å². The highest BCUT2D eigenvalue weighted by molar-refractivity contribution is 7.90. The van der Waals surface area contributed by atoms with Crippen LogP contribution in [0.1, 0.15) is 34.1 Å². The van der Waals surface area contributed by atoms with E-state index in [1.165, 1.54) is 17.4 Å². The van der Waals surface area contributed by atoms with Gasteiger partial charge in [0.15, 0.2) is 5.84 Å². The molecule has 154 valence electrons. The van der Waals surface area contributed by atoms with Gasteiger partial charge in [-0.05, 0) is 49.1 Å². The number of amidine groups is 1. The van der Waals surface area contributed by atoms with E-state index in [0.29, 0.717) is 28.6 Å². The number of sulfonamides is 1. The molecule has 0 saturated heterocycles. The zero-order chi connectivity index (χ0) is 21.3. The Balaban J connectivity index is 1.76. The molecular formula is C22H21N3O3S2. The van der Waals surface area contributed by atoms with Crippen molar-refractivity contribution in [3.8, 4) is 0 Å². The van der Waals surface area contributed by atoms with Crippen LogP contribution in [0.4, 0.5) is 11.4 Å². The van der Waals surface area contributed by atoms with E-state index >= 15 is 0 Å². The third-order valence-electron chi connectivity index (χ3n) is 4.72. The molecule has 0 radical (unpaired) electrons. The molecule has 1 aromatic heterocycles. The van der Waals surface area contributed by atoms with Crippen LogP contribution in [0.5, 0.6) is 0 Å². The lowest BCUT2D eigenvalue weighted by Crippen LogP contribution is -2.37. The molecule has 2 heterocycles. The summed E-state index contributed by atoms with van der Waals surface area (Å²) in [6.07, 6.45) is 0.821. The van der Waals surface area contributed by atoms with Crippen molar-refractivity contribution in [2.75, 3.05) is 16.8 Å². The van der Waals surface area contributed by atoms with Gasteiger partial charge in [-0.15, -0.1) is 15.7 Å². The Morgan fingerprint density at radius 3 is 2.67 bits per heavy atom. The van der Waals surface area contributed by atoms with E-state index in [4.69, 9.17) is 0 Å². The Bertz CT molecular complexity index is 1230. The van der Waals surface area contributed by atoms with Gasteiger partial charge in [-0.3, -0.25) is 4.79 Å². The first-order chi connectivity index (χ1) is 14.4. The van der Waals surface area contributed by atoms with Gasteiger partial charge in [-0.2, -0.15) is 8.42 Å². The smallest absolute Gasteiger partial charge is 0.286 e. The van der Waals surface area contributed by atoms with Crippen molar-refractivity contribution in [2.24, 2.45) is 4.40 Å². The summed E-state index contributed by atoms with van der Waals surface area (Å²) in [6, 6.07) is 16.1. The number of amides is 1. The largest absolute Gasteiger partial charge is 0.324 e. The van der Waals surface area contributed by atoms with Crippen LogP contribution in [-0.2, 0) is 10.0 Å². The van der Waals surface area contributed by atoms with Gasteiger partial charge in [0.1, 0.15) is 4.90 Å². The maximum absolute atomic E-state index is 13.0. The summed E-state index contributed by atoms with van der Waals surface area (Å²) in [7, 11) is -3.92. The molecule has 4 rings (SSSR count). The molecule has 1 aliphatic rings. The van der Waals surface area contributed by atoms with Gasteiger partial charge < -0.3 is 10.2 Å². The molecular weight excluding hydrogens is 418 g/mol. The Labute approximate surface area is 179 Å². The summed E-state index contributed by atoms with van der Waals surface area (Å²) >= 11 is 1.32. The van der Waals surface area contributed by atoms with E-state index in [2.05, 4.69) is 9.71 Å². The lowest BCUT2D eigenvalue weighted by Gasteiger charge is -2.31. The van der Waals surface area contributed by atoms with Crippen LogP contribution in [-0.4, -0.2) is 26.7 Å². The summed E-state index contributed by atoms with van der Waals surface area (Å²) in [6.45, 7) is 4.62. The topological polar surface area (TPSA) is 78.8 Å². The molecule has 0 unspecified atom stereocenters. The Kier molecular flexibility index (Phi) is 5.44. The van der Waals surface area contributed by atoms with Crippen LogP contribution in [0, 0.1) is 6.92 Å². The molecule has 6 nitrogen and oxygen atoms in total. The number of carbonyl (C=O) groups excluding carboxylic acids is 1. The van der Waals surface area contributed by atoms with E-state index in [0.717, 1.165) is 17.5 Å². The second kappa shape index (κ2) is 8.04. The first-order valence-electron chi connectivity index (χ1n) is 9.57. The normalized spacial score (nSPS) is 14.7. The molecule has 1 N–H and O–H groups in total. The molecule has 1 aliphatic heterocycles. The van der Waals surface area contributed by atoms with Gasteiger partial charge >= 0.3 is 0 Å². The monoisotopic (exact) mass is 439 g/mol. The highest BCUT2D eigenvalue weighted by Gasteiger charge is 2.31. The van der Waals surface area contributed by atoms with E-state index in [-0.39, 0.29) is 10.8 Å². The number of rotatable bonds is 5. The molecule has 0 fully saturated rings. The van der Waals surface area contributed by atoms with Crippen molar-refractivity contribution in [1.82, 2.24) is 0 Å². The van der Waals surface area contributed by atoms with Gasteiger partial charge in [-0.1, -0.05) is 36.8 Å². The number of thiophene rings is 1. The standard InChI is InChI=1S/C22H21N3O3S2/c1-3-11-25-18-10-9-17(23-22(26)19-8-5-12-29-19)14-20(18)30(27,28)24-21(25)16-7-4-6-15(2)13-16/h4-10,12-14H,3,11H2,1-2H3,(H,23,26). The quantitative estimate of drug-likeness (QED) is 0.626. The van der Waals surface area contributed by atoms with Crippen molar-refractivity contribution in [3.63, 3.8) is 0 Å². The Morgan fingerprint density at radius 1 is 1.13 bits per heavy atom. The zero-order valence-electron chi connectivity index (χ0n) is 16.6. The van der Waals surface area contributed by atoms with Crippen LogP contribution in [0.2, 0.25) is 0 Å². The van der Waals surface area contributed by atoms with Gasteiger partial charge in [-0.25, -0.2) is 0 Å². The van der Waals surface area contributed by atoms with Gasteiger partial charge in [0, 0.05) is 17.8 Å². The number of fused-ring (bicyclic) bond motifs is 1. The first kappa shape index (κ1) is 20.3. The van der Waals surface area contributed by atoms with E-state index < -0.39 is 10.0 Å². The molecule has 0 aliphatic carbocycles. The minimum absolute atomic E-state index is 0.0938. The molecule has 0 spiro atoms. The van der Waals surface area contributed by atoms with Crippen molar-refractivity contribution in [1.29, 1.82) is 0 Å². The average molecular weight is 440 g/mol. The summed E-state index contributed by atoms with van der Waals surface area (Å²) < 4.78 is 30.2.